The van der Waals surface area contributed by atoms with Gasteiger partial charge in [-0.1, -0.05) is 12.1 Å². The molecule has 1 N–H and O–H groups in total. The number of quaternary nitrogens is 1. The summed E-state index contributed by atoms with van der Waals surface area (Å²) < 4.78 is 5.23. The minimum atomic E-state index is -0.667. The first-order chi connectivity index (χ1) is 9.95. The lowest BCUT2D eigenvalue weighted by Crippen LogP contribution is -3.05. The van der Waals surface area contributed by atoms with Crippen LogP contribution in [0.4, 0.5) is 0 Å². The van der Waals surface area contributed by atoms with E-state index >= 15 is 0 Å². The van der Waals surface area contributed by atoms with Crippen LogP contribution < -0.4 is 9.64 Å². The van der Waals surface area contributed by atoms with Crippen molar-refractivity contribution in [3.8, 4) is 5.75 Å². The van der Waals surface area contributed by atoms with Crippen LogP contribution in [0.25, 0.3) is 0 Å². The highest BCUT2D eigenvalue weighted by Crippen LogP contribution is 2.30. The van der Waals surface area contributed by atoms with Gasteiger partial charge in [-0.15, -0.1) is 0 Å². The molecule has 21 heavy (non-hydrogen) atoms. The van der Waals surface area contributed by atoms with Gasteiger partial charge in [0.25, 0.3) is 0 Å². The van der Waals surface area contributed by atoms with Gasteiger partial charge in [0.05, 0.1) is 29.6 Å². The molecule has 1 aliphatic heterocycles. The summed E-state index contributed by atoms with van der Waals surface area (Å²) in [5, 5.41) is 22.2. The lowest BCUT2D eigenvalue weighted by atomic mass is 9.99. The van der Waals surface area contributed by atoms with Gasteiger partial charge in [-0.05, 0) is 12.1 Å². The maximum atomic E-state index is 11.3. The summed E-state index contributed by atoms with van der Waals surface area (Å²) in [6, 6.07) is 6.26. The molecule has 0 radical (unpaired) electrons. The Balaban J connectivity index is 2.55. The fourth-order valence-electron chi connectivity index (χ4n) is 2.40. The Morgan fingerprint density at radius 1 is 1.19 bits per heavy atom. The SMILES string of the molecule is COc1ccccc1[C@@H]1C([N+](=O)[O-])=CC([N+](=O)[O-])=C[NH+]1C. The van der Waals surface area contributed by atoms with E-state index in [9.17, 15) is 20.2 Å². The molecule has 1 heterocycles. The highest BCUT2D eigenvalue weighted by Gasteiger charge is 2.41. The Morgan fingerprint density at radius 2 is 1.86 bits per heavy atom. The molecule has 0 saturated carbocycles. The van der Waals surface area contributed by atoms with Crippen molar-refractivity contribution in [1.29, 1.82) is 0 Å². The highest BCUT2D eigenvalue weighted by molar-refractivity contribution is 5.39. The average molecular weight is 292 g/mol. The van der Waals surface area contributed by atoms with Crippen molar-refractivity contribution in [1.82, 2.24) is 0 Å². The molecule has 110 valence electrons. The number of methoxy groups -OCH3 is 1. The third kappa shape index (κ3) is 2.75. The molecule has 8 heteroatoms. The molecule has 0 saturated heterocycles. The number of allylic oxidation sites excluding steroid dienone is 1. The molecule has 1 aromatic carbocycles. The lowest BCUT2D eigenvalue weighted by Gasteiger charge is -2.23. The molecule has 0 amide bonds. The average Bonchev–Trinajstić information content (AvgIpc) is 2.46. The van der Waals surface area contributed by atoms with Gasteiger partial charge in [-0.3, -0.25) is 25.1 Å². The first-order valence-corrected chi connectivity index (χ1v) is 6.14. The molecule has 0 spiro atoms. The van der Waals surface area contributed by atoms with Crippen LogP contribution in [0.1, 0.15) is 11.6 Å². The third-order valence-corrected chi connectivity index (χ3v) is 3.29. The number of nitrogens with zero attached hydrogens (tertiary/aromatic N) is 2. The Kier molecular flexibility index (Phi) is 3.99. The zero-order chi connectivity index (χ0) is 15.6. The van der Waals surface area contributed by atoms with Crippen LogP contribution in [-0.2, 0) is 0 Å². The zero-order valence-electron chi connectivity index (χ0n) is 11.5. The van der Waals surface area contributed by atoms with Crippen LogP contribution >= 0.6 is 0 Å². The molecule has 2 rings (SSSR count). The van der Waals surface area contributed by atoms with Gasteiger partial charge in [-0.25, -0.2) is 0 Å². The first-order valence-electron chi connectivity index (χ1n) is 6.14. The van der Waals surface area contributed by atoms with Gasteiger partial charge in [0, 0.05) is 0 Å². The maximum absolute atomic E-state index is 11.3. The molecule has 0 bridgehead atoms. The predicted octanol–water partition coefficient (Wildman–Crippen LogP) is 0.543. The van der Waals surface area contributed by atoms with E-state index in [2.05, 4.69) is 0 Å². The van der Waals surface area contributed by atoms with E-state index in [4.69, 9.17) is 4.74 Å². The molecular formula is C13H14N3O5+. The minimum Gasteiger partial charge on any atom is -0.496 e. The van der Waals surface area contributed by atoms with E-state index in [0.717, 1.165) is 6.08 Å². The minimum absolute atomic E-state index is 0.230. The molecule has 1 aromatic rings. The van der Waals surface area contributed by atoms with Crippen molar-refractivity contribution in [2.45, 2.75) is 6.04 Å². The summed E-state index contributed by atoms with van der Waals surface area (Å²) in [4.78, 5) is 21.5. The van der Waals surface area contributed by atoms with Crippen LogP contribution in [0.5, 0.6) is 5.75 Å². The second-order valence-electron chi connectivity index (χ2n) is 4.57. The van der Waals surface area contributed by atoms with E-state index < -0.39 is 15.9 Å². The van der Waals surface area contributed by atoms with Crippen molar-refractivity contribution < 1.29 is 19.5 Å². The van der Waals surface area contributed by atoms with Gasteiger partial charge >= 0.3 is 11.4 Å². The molecule has 0 aliphatic carbocycles. The van der Waals surface area contributed by atoms with Crippen molar-refractivity contribution in [2.24, 2.45) is 0 Å². The number of hydrogen-bond acceptors (Lipinski definition) is 5. The van der Waals surface area contributed by atoms with Gasteiger partial charge in [0.1, 0.15) is 11.8 Å². The molecule has 8 nitrogen and oxygen atoms in total. The molecule has 2 atom stereocenters. The van der Waals surface area contributed by atoms with E-state index in [1.165, 1.54) is 13.3 Å². The summed E-state index contributed by atoms with van der Waals surface area (Å²) in [5.74, 6) is 0.507. The number of benzene rings is 1. The molecular weight excluding hydrogens is 278 g/mol. The van der Waals surface area contributed by atoms with Crippen molar-refractivity contribution in [3.05, 3.63) is 73.7 Å². The topological polar surface area (TPSA) is 100.0 Å². The second-order valence-corrected chi connectivity index (χ2v) is 4.57. The van der Waals surface area contributed by atoms with Crippen molar-refractivity contribution in [3.63, 3.8) is 0 Å². The summed E-state index contributed by atoms with van der Waals surface area (Å²) in [5.41, 5.74) is 0.0932. The largest absolute Gasteiger partial charge is 0.496 e. The molecule has 1 unspecified atom stereocenters. The van der Waals surface area contributed by atoms with E-state index in [0.29, 0.717) is 16.2 Å². The summed E-state index contributed by atoms with van der Waals surface area (Å²) in [6.45, 7) is 0. The van der Waals surface area contributed by atoms with Crippen molar-refractivity contribution >= 4 is 0 Å². The number of nitro groups is 2. The van der Waals surface area contributed by atoms with Crippen LogP contribution in [0.15, 0.2) is 47.9 Å². The van der Waals surface area contributed by atoms with E-state index in [1.54, 1.807) is 31.3 Å². The smallest absolute Gasteiger partial charge is 0.328 e. The fourth-order valence-corrected chi connectivity index (χ4v) is 2.40. The van der Waals surface area contributed by atoms with Gasteiger partial charge in [0.2, 0.25) is 6.04 Å². The molecule has 0 fully saturated rings. The predicted molar refractivity (Wildman–Crippen MR) is 72.8 cm³/mol. The first kappa shape index (κ1) is 14.7. The number of para-hydroxylation sites is 1. The van der Waals surface area contributed by atoms with Crippen LogP contribution in [0.3, 0.4) is 0 Å². The van der Waals surface area contributed by atoms with Gasteiger partial charge in [-0.2, -0.15) is 0 Å². The Bertz CT molecular complexity index is 653. The van der Waals surface area contributed by atoms with Crippen LogP contribution in [-0.4, -0.2) is 24.0 Å². The Hall–Kier alpha value is -2.74. The summed E-state index contributed by atoms with van der Waals surface area (Å²) in [7, 11) is 3.11. The van der Waals surface area contributed by atoms with E-state index in [-0.39, 0.29) is 11.4 Å². The van der Waals surface area contributed by atoms with Crippen LogP contribution in [0, 0.1) is 20.2 Å². The maximum Gasteiger partial charge on any atom is 0.328 e. The number of likely N-dealkylation sites (N-methyl/N-ethyl adjacent to an activating group) is 1. The van der Waals surface area contributed by atoms with E-state index in [1.807, 2.05) is 0 Å². The zero-order valence-corrected chi connectivity index (χ0v) is 11.5. The summed E-state index contributed by atoms with van der Waals surface area (Å²) in [6.07, 6.45) is 2.36. The fraction of sp³-hybridized carbons (Fsp3) is 0.231. The standard InChI is InChI=1S/C13H13N3O5/c1-14-8-9(15(17)18)7-11(16(19)20)13(14)10-5-3-4-6-12(10)21-2/h3-8,13H,1-2H3/p+1/t13-/m1/s1. The number of hydrogen-bond donors (Lipinski definition) is 1. The van der Waals surface area contributed by atoms with Gasteiger partial charge < -0.3 is 4.74 Å². The van der Waals surface area contributed by atoms with Gasteiger partial charge in [0.15, 0.2) is 6.20 Å². The molecule has 0 aromatic heterocycles. The Morgan fingerprint density at radius 3 is 2.43 bits per heavy atom. The number of ether oxygens (including phenoxy) is 1. The monoisotopic (exact) mass is 292 g/mol. The number of nitrogens with one attached hydrogen (secondary N) is 1. The number of rotatable bonds is 4. The second kappa shape index (κ2) is 5.71. The normalized spacial score (nSPS) is 21.2. The van der Waals surface area contributed by atoms with Crippen LogP contribution in [0.2, 0.25) is 0 Å². The molecule has 1 aliphatic rings. The Labute approximate surface area is 120 Å². The highest BCUT2D eigenvalue weighted by atomic mass is 16.6. The third-order valence-electron chi connectivity index (χ3n) is 3.29. The quantitative estimate of drug-likeness (QED) is 0.645. The summed E-state index contributed by atoms with van der Waals surface area (Å²) >= 11 is 0. The lowest BCUT2D eigenvalue weighted by molar-refractivity contribution is -0.865. The van der Waals surface area contributed by atoms with Crippen molar-refractivity contribution in [2.75, 3.05) is 14.2 Å².